The van der Waals surface area contributed by atoms with Gasteiger partial charge >= 0.3 is 0 Å². The van der Waals surface area contributed by atoms with Crippen LogP contribution < -0.4 is 11.1 Å². The molecule has 0 aliphatic carbocycles. The molecule has 9 heteroatoms. The summed E-state index contributed by atoms with van der Waals surface area (Å²) in [5.74, 6) is 0.751. The van der Waals surface area contributed by atoms with E-state index >= 15 is 0 Å². The molecule has 0 radical (unpaired) electrons. The molecule has 0 aromatic carbocycles. The Kier molecular flexibility index (Phi) is 5.16. The summed E-state index contributed by atoms with van der Waals surface area (Å²) in [4.78, 5) is 14.0. The maximum Gasteiger partial charge on any atom is 0.229 e. The van der Waals surface area contributed by atoms with Gasteiger partial charge in [-0.2, -0.15) is 10.1 Å². The summed E-state index contributed by atoms with van der Waals surface area (Å²) in [6, 6.07) is 0.173. The molecule has 9 nitrogen and oxygen atoms in total. The number of ether oxygens (including phenoxy) is 2. The molecule has 2 bridgehead atoms. The molecule has 2 aromatic heterocycles. The van der Waals surface area contributed by atoms with Gasteiger partial charge in [0.25, 0.3) is 0 Å². The van der Waals surface area contributed by atoms with Crippen LogP contribution >= 0.6 is 0 Å². The van der Waals surface area contributed by atoms with Crippen LogP contribution in [0.25, 0.3) is 11.0 Å². The molecule has 4 rings (SSSR count). The number of aliphatic imine (C=N–C) groups is 1. The Bertz CT molecular complexity index is 977. The van der Waals surface area contributed by atoms with Crippen molar-refractivity contribution < 1.29 is 9.47 Å². The zero-order valence-electron chi connectivity index (χ0n) is 17.5. The first-order valence-electron chi connectivity index (χ1n) is 10.1. The molecule has 0 amide bonds. The van der Waals surface area contributed by atoms with Crippen LogP contribution in [0.4, 0.5) is 5.95 Å². The maximum absolute atomic E-state index is 6.28. The van der Waals surface area contributed by atoms with E-state index < -0.39 is 0 Å². The van der Waals surface area contributed by atoms with Crippen molar-refractivity contribution in [1.82, 2.24) is 19.7 Å². The summed E-state index contributed by atoms with van der Waals surface area (Å²) in [6.45, 7) is 9.99. The highest BCUT2D eigenvalue weighted by Gasteiger charge is 2.29. The summed E-state index contributed by atoms with van der Waals surface area (Å²) in [5.41, 5.74) is 9.21. The lowest BCUT2D eigenvalue weighted by Gasteiger charge is -2.34. The van der Waals surface area contributed by atoms with Crippen molar-refractivity contribution in [2.45, 2.75) is 65.1 Å². The maximum atomic E-state index is 6.28. The van der Waals surface area contributed by atoms with Crippen molar-refractivity contribution in [2.75, 3.05) is 18.5 Å². The van der Waals surface area contributed by atoms with Gasteiger partial charge in [0.2, 0.25) is 11.8 Å². The number of nitrogens with one attached hydrogen (secondary N) is 1. The Morgan fingerprint density at radius 2 is 2.21 bits per heavy atom. The number of nitrogens with zero attached hydrogens (tertiary/aromatic N) is 5. The second-order valence-electron chi connectivity index (χ2n) is 8.27. The van der Waals surface area contributed by atoms with Crippen molar-refractivity contribution in [3.63, 3.8) is 0 Å². The molecule has 1 atom stereocenters. The second kappa shape index (κ2) is 7.62. The van der Waals surface area contributed by atoms with Gasteiger partial charge in [0.1, 0.15) is 5.70 Å². The van der Waals surface area contributed by atoms with Gasteiger partial charge in [-0.1, -0.05) is 0 Å². The number of aromatic nitrogens is 4. The highest BCUT2D eigenvalue weighted by molar-refractivity contribution is 6.01. The van der Waals surface area contributed by atoms with Crippen LogP contribution in [0.15, 0.2) is 22.8 Å². The summed E-state index contributed by atoms with van der Waals surface area (Å²) >= 11 is 0. The lowest BCUT2D eigenvalue weighted by molar-refractivity contribution is -0.0575. The third kappa shape index (κ3) is 4.19. The fraction of sp³-hybridized carbons (Fsp3) is 0.600. The minimum Gasteiger partial charge on any atom is -0.478 e. The highest BCUT2D eigenvalue weighted by Crippen LogP contribution is 2.27. The first-order valence-corrected chi connectivity index (χ1v) is 10.1. The van der Waals surface area contributed by atoms with E-state index in [4.69, 9.17) is 20.2 Å². The normalized spacial score (nSPS) is 25.4. The molecule has 1 unspecified atom stereocenters. The minimum atomic E-state index is -0.171. The van der Waals surface area contributed by atoms with Crippen molar-refractivity contribution in [3.8, 4) is 0 Å². The van der Waals surface area contributed by atoms with Gasteiger partial charge in [0, 0.05) is 25.8 Å². The molecule has 0 saturated carbocycles. The van der Waals surface area contributed by atoms with Crippen LogP contribution in [-0.4, -0.2) is 50.3 Å². The molecule has 0 spiro atoms. The fourth-order valence-corrected chi connectivity index (χ4v) is 3.88. The number of rotatable bonds is 2. The van der Waals surface area contributed by atoms with Crippen molar-refractivity contribution in [2.24, 2.45) is 10.7 Å². The number of fused-ring (bicyclic) bond motifs is 1. The minimum absolute atomic E-state index is 0.171. The summed E-state index contributed by atoms with van der Waals surface area (Å²) in [6.07, 6.45) is 4.31. The third-order valence-corrected chi connectivity index (χ3v) is 5.34. The quantitative estimate of drug-likeness (QED) is 0.746. The molecule has 156 valence electrons. The smallest absolute Gasteiger partial charge is 0.229 e. The van der Waals surface area contributed by atoms with E-state index in [2.05, 4.69) is 34.2 Å². The fourth-order valence-electron chi connectivity index (χ4n) is 3.88. The molecule has 2 aliphatic rings. The number of hydrogen-bond donors (Lipinski definition) is 2. The number of aryl methyl sites for hydroxylation is 2. The van der Waals surface area contributed by atoms with Gasteiger partial charge in [-0.3, -0.25) is 4.99 Å². The van der Waals surface area contributed by atoms with Crippen molar-refractivity contribution in [3.05, 3.63) is 23.5 Å². The van der Waals surface area contributed by atoms with Crippen LogP contribution in [0.5, 0.6) is 0 Å². The van der Waals surface area contributed by atoms with Gasteiger partial charge in [-0.05, 0) is 40.5 Å². The van der Waals surface area contributed by atoms with Crippen LogP contribution in [-0.2, 0) is 16.0 Å². The zero-order chi connectivity index (χ0) is 20.6. The van der Waals surface area contributed by atoms with E-state index in [0.29, 0.717) is 37.3 Å². The standard InChI is InChI=1S/C20H29N7O2/c1-12-15-11-22-19-24-16(13(2)23-14-6-9-29-20(3,4)10-14)17(21)28-8-5-7-27(26-12)18(15)25-19/h11,14H,5-10,21H2,1-4H3,(H,22,24,25)/b17-16-,23-13?. The predicted molar refractivity (Wildman–Crippen MR) is 112 cm³/mol. The first-order chi connectivity index (χ1) is 13.8. The topological polar surface area (TPSA) is 112 Å². The highest BCUT2D eigenvalue weighted by atomic mass is 16.5. The average molecular weight is 399 g/mol. The van der Waals surface area contributed by atoms with E-state index in [1.165, 1.54) is 0 Å². The number of anilines is 1. The number of nitrogens with two attached hydrogens (primary N) is 1. The Balaban J connectivity index is 1.68. The first kappa shape index (κ1) is 19.6. The van der Waals surface area contributed by atoms with Gasteiger partial charge in [-0.25, -0.2) is 9.67 Å². The van der Waals surface area contributed by atoms with Crippen LogP contribution in [0.3, 0.4) is 0 Å². The van der Waals surface area contributed by atoms with E-state index in [9.17, 15) is 0 Å². The lowest BCUT2D eigenvalue weighted by atomic mass is 9.94. The second-order valence-corrected chi connectivity index (χ2v) is 8.27. The molecule has 1 fully saturated rings. The van der Waals surface area contributed by atoms with E-state index in [-0.39, 0.29) is 11.6 Å². The molecule has 2 aliphatic heterocycles. The van der Waals surface area contributed by atoms with Crippen LogP contribution in [0, 0.1) is 6.92 Å². The molecule has 2 aromatic rings. The predicted octanol–water partition coefficient (Wildman–Crippen LogP) is 2.51. The number of hydrogen-bond acceptors (Lipinski definition) is 8. The van der Waals surface area contributed by atoms with Crippen LogP contribution in [0.1, 0.15) is 45.7 Å². The van der Waals surface area contributed by atoms with Gasteiger partial charge in [-0.15, -0.1) is 0 Å². The van der Waals surface area contributed by atoms with E-state index in [1.807, 2.05) is 18.5 Å². The molecule has 1 saturated heterocycles. The molecular formula is C20H29N7O2. The Hall–Kier alpha value is -2.68. The van der Waals surface area contributed by atoms with Gasteiger partial charge in [0.15, 0.2) is 5.65 Å². The van der Waals surface area contributed by atoms with E-state index in [0.717, 1.165) is 41.7 Å². The number of allylic oxidation sites excluding steroid dienone is 1. The Morgan fingerprint density at radius 1 is 1.38 bits per heavy atom. The Labute approximate surface area is 170 Å². The van der Waals surface area contributed by atoms with Gasteiger partial charge < -0.3 is 20.5 Å². The van der Waals surface area contributed by atoms with E-state index in [1.54, 1.807) is 6.20 Å². The zero-order valence-corrected chi connectivity index (χ0v) is 17.5. The molecule has 3 N–H and O–H groups in total. The monoisotopic (exact) mass is 399 g/mol. The van der Waals surface area contributed by atoms with Crippen LogP contribution in [0.2, 0.25) is 0 Å². The van der Waals surface area contributed by atoms with Crippen molar-refractivity contribution >= 4 is 22.7 Å². The largest absolute Gasteiger partial charge is 0.478 e. The summed E-state index contributed by atoms with van der Waals surface area (Å²) in [7, 11) is 0. The molecule has 4 heterocycles. The lowest BCUT2D eigenvalue weighted by Crippen LogP contribution is -2.36. The third-order valence-electron chi connectivity index (χ3n) is 5.34. The molecule has 29 heavy (non-hydrogen) atoms. The SMILES string of the molecule is CC(=NC1CCOC(C)(C)C1)/C1=C(\N)OCCCn2nc(C)c3cnc(nc32)N1. The summed E-state index contributed by atoms with van der Waals surface area (Å²) in [5, 5.41) is 8.75. The average Bonchev–Trinajstić information content (AvgIpc) is 2.96. The van der Waals surface area contributed by atoms with Gasteiger partial charge in [0.05, 0.1) is 35.0 Å². The molecular weight excluding hydrogens is 370 g/mol. The summed E-state index contributed by atoms with van der Waals surface area (Å²) < 4.78 is 13.5. The van der Waals surface area contributed by atoms with Crippen molar-refractivity contribution in [1.29, 1.82) is 0 Å². The Morgan fingerprint density at radius 3 is 3.00 bits per heavy atom.